The van der Waals surface area contributed by atoms with Crippen LogP contribution in [-0.2, 0) is 0 Å². The molecule has 0 radical (unpaired) electrons. The third kappa shape index (κ3) is 3.23. The molecule has 0 spiro atoms. The molecule has 2 aromatic rings. The van der Waals surface area contributed by atoms with Crippen LogP contribution in [0.15, 0.2) is 59.2 Å². The SMILES string of the molecule is C=C(C)CC(c1ccc(OC)cc1)N(C)c1ccco1. The molecule has 0 saturated carbocycles. The van der Waals surface area contributed by atoms with Crippen LogP contribution in [0.1, 0.15) is 24.9 Å². The minimum Gasteiger partial charge on any atom is -0.497 e. The maximum atomic E-state index is 5.50. The molecule has 1 aromatic heterocycles. The Bertz CT molecular complexity index is 543. The minimum absolute atomic E-state index is 0.199. The standard InChI is InChI=1S/C17H21NO2/c1-13(2)12-16(18(3)17-6-5-11-20-17)14-7-9-15(19-4)10-8-14/h5-11,16H,1,12H2,2-4H3. The molecule has 0 bridgehead atoms. The molecule has 0 N–H and O–H groups in total. The van der Waals surface area contributed by atoms with E-state index in [2.05, 4.69) is 23.6 Å². The molecule has 106 valence electrons. The zero-order valence-electron chi connectivity index (χ0n) is 12.3. The van der Waals surface area contributed by atoms with Gasteiger partial charge < -0.3 is 14.1 Å². The number of furan rings is 1. The monoisotopic (exact) mass is 271 g/mol. The summed E-state index contributed by atoms with van der Waals surface area (Å²) in [5.74, 6) is 1.72. The van der Waals surface area contributed by atoms with Crippen LogP contribution in [0.5, 0.6) is 5.75 Å². The molecule has 3 heteroatoms. The van der Waals surface area contributed by atoms with Gasteiger partial charge in [-0.3, -0.25) is 0 Å². The van der Waals surface area contributed by atoms with E-state index >= 15 is 0 Å². The fourth-order valence-corrected chi connectivity index (χ4v) is 2.26. The van der Waals surface area contributed by atoms with Crippen molar-refractivity contribution >= 4 is 5.88 Å². The zero-order chi connectivity index (χ0) is 14.5. The van der Waals surface area contributed by atoms with Crippen LogP contribution >= 0.6 is 0 Å². The van der Waals surface area contributed by atoms with Gasteiger partial charge in [0.2, 0.25) is 0 Å². The van der Waals surface area contributed by atoms with Crippen molar-refractivity contribution in [1.82, 2.24) is 0 Å². The van der Waals surface area contributed by atoms with Gasteiger partial charge in [0, 0.05) is 13.1 Å². The first kappa shape index (κ1) is 14.3. The van der Waals surface area contributed by atoms with E-state index in [1.807, 2.05) is 38.2 Å². The second-order valence-electron chi connectivity index (χ2n) is 5.01. The van der Waals surface area contributed by atoms with Gasteiger partial charge in [-0.25, -0.2) is 0 Å². The Morgan fingerprint density at radius 1 is 1.30 bits per heavy atom. The topological polar surface area (TPSA) is 25.6 Å². The number of rotatable bonds is 6. The first-order chi connectivity index (χ1) is 9.61. The first-order valence-electron chi connectivity index (χ1n) is 6.66. The van der Waals surface area contributed by atoms with Gasteiger partial charge >= 0.3 is 0 Å². The van der Waals surface area contributed by atoms with E-state index in [1.54, 1.807) is 13.4 Å². The summed E-state index contributed by atoms with van der Waals surface area (Å²) in [4.78, 5) is 2.14. The van der Waals surface area contributed by atoms with Crippen molar-refractivity contribution in [1.29, 1.82) is 0 Å². The Kier molecular flexibility index (Phi) is 4.51. The van der Waals surface area contributed by atoms with E-state index in [9.17, 15) is 0 Å². The minimum atomic E-state index is 0.199. The zero-order valence-corrected chi connectivity index (χ0v) is 12.3. The fourth-order valence-electron chi connectivity index (χ4n) is 2.26. The van der Waals surface area contributed by atoms with Crippen molar-refractivity contribution in [2.75, 3.05) is 19.1 Å². The Morgan fingerprint density at radius 2 is 2.00 bits per heavy atom. The maximum Gasteiger partial charge on any atom is 0.195 e. The number of methoxy groups -OCH3 is 1. The van der Waals surface area contributed by atoms with E-state index in [0.717, 1.165) is 23.6 Å². The third-order valence-corrected chi connectivity index (χ3v) is 3.36. The molecule has 3 nitrogen and oxygen atoms in total. The van der Waals surface area contributed by atoms with Crippen molar-refractivity contribution < 1.29 is 9.15 Å². The predicted octanol–water partition coefficient (Wildman–Crippen LogP) is 4.43. The smallest absolute Gasteiger partial charge is 0.195 e. The lowest BCUT2D eigenvalue weighted by atomic mass is 9.99. The normalized spacial score (nSPS) is 11.9. The molecular formula is C17H21NO2. The van der Waals surface area contributed by atoms with Gasteiger partial charge in [0.25, 0.3) is 0 Å². The van der Waals surface area contributed by atoms with Crippen molar-refractivity contribution in [2.45, 2.75) is 19.4 Å². The number of hydrogen-bond donors (Lipinski definition) is 0. The van der Waals surface area contributed by atoms with Gasteiger partial charge in [0.1, 0.15) is 5.75 Å². The number of ether oxygens (including phenoxy) is 1. The molecule has 0 aliphatic carbocycles. The van der Waals surface area contributed by atoms with E-state index in [-0.39, 0.29) is 6.04 Å². The quantitative estimate of drug-likeness (QED) is 0.727. The van der Waals surface area contributed by atoms with E-state index < -0.39 is 0 Å². The summed E-state index contributed by atoms with van der Waals surface area (Å²) >= 11 is 0. The van der Waals surface area contributed by atoms with Gasteiger partial charge in [-0.2, -0.15) is 0 Å². The van der Waals surface area contributed by atoms with Crippen LogP contribution in [-0.4, -0.2) is 14.2 Å². The predicted molar refractivity (Wildman–Crippen MR) is 82.3 cm³/mol. The number of hydrogen-bond acceptors (Lipinski definition) is 3. The van der Waals surface area contributed by atoms with Crippen LogP contribution in [0.25, 0.3) is 0 Å². The molecule has 1 aromatic carbocycles. The lowest BCUT2D eigenvalue weighted by molar-refractivity contribution is 0.414. The molecule has 20 heavy (non-hydrogen) atoms. The first-order valence-corrected chi connectivity index (χ1v) is 6.66. The molecule has 1 heterocycles. The van der Waals surface area contributed by atoms with Crippen LogP contribution in [0, 0.1) is 0 Å². The summed E-state index contributed by atoms with van der Waals surface area (Å²) < 4.78 is 10.7. The van der Waals surface area contributed by atoms with Crippen molar-refractivity contribution in [2.24, 2.45) is 0 Å². The summed E-state index contributed by atoms with van der Waals surface area (Å²) in [6.07, 6.45) is 2.57. The summed E-state index contributed by atoms with van der Waals surface area (Å²) in [6, 6.07) is 12.2. The van der Waals surface area contributed by atoms with Gasteiger partial charge in [-0.1, -0.05) is 17.7 Å². The van der Waals surface area contributed by atoms with Crippen molar-refractivity contribution in [3.05, 3.63) is 60.4 Å². The van der Waals surface area contributed by atoms with Gasteiger partial charge in [-0.05, 0) is 37.1 Å². The molecule has 0 saturated heterocycles. The molecule has 1 unspecified atom stereocenters. The molecule has 2 rings (SSSR count). The van der Waals surface area contributed by atoms with Crippen molar-refractivity contribution in [3.63, 3.8) is 0 Å². The fraction of sp³-hybridized carbons (Fsp3) is 0.294. The maximum absolute atomic E-state index is 5.50. The number of anilines is 1. The number of benzene rings is 1. The summed E-state index contributed by atoms with van der Waals surface area (Å²) in [6.45, 7) is 6.08. The second-order valence-corrected chi connectivity index (χ2v) is 5.01. The Balaban J connectivity index is 2.28. The highest BCUT2D eigenvalue weighted by molar-refractivity contribution is 5.40. The van der Waals surface area contributed by atoms with Gasteiger partial charge in [-0.15, -0.1) is 6.58 Å². The molecule has 0 aliphatic rings. The lowest BCUT2D eigenvalue weighted by Gasteiger charge is -2.28. The van der Waals surface area contributed by atoms with Gasteiger partial charge in [0.15, 0.2) is 5.88 Å². The average Bonchev–Trinajstić information content (AvgIpc) is 2.98. The van der Waals surface area contributed by atoms with Crippen molar-refractivity contribution in [3.8, 4) is 5.75 Å². The second kappa shape index (κ2) is 6.33. The highest BCUT2D eigenvalue weighted by Crippen LogP contribution is 2.31. The largest absolute Gasteiger partial charge is 0.497 e. The van der Waals surface area contributed by atoms with E-state index in [1.165, 1.54) is 5.56 Å². The van der Waals surface area contributed by atoms with Crippen LogP contribution in [0.2, 0.25) is 0 Å². The summed E-state index contributed by atoms with van der Waals surface area (Å²) in [5.41, 5.74) is 2.36. The van der Waals surface area contributed by atoms with E-state index in [4.69, 9.17) is 9.15 Å². The number of nitrogens with zero attached hydrogens (tertiary/aromatic N) is 1. The summed E-state index contributed by atoms with van der Waals surface area (Å²) in [5, 5.41) is 0. The van der Waals surface area contributed by atoms with E-state index in [0.29, 0.717) is 0 Å². The Labute approximate surface area is 120 Å². The molecule has 1 atom stereocenters. The molecule has 0 fully saturated rings. The Hall–Kier alpha value is -2.16. The Morgan fingerprint density at radius 3 is 2.50 bits per heavy atom. The average molecular weight is 271 g/mol. The molecular weight excluding hydrogens is 250 g/mol. The molecule has 0 amide bonds. The molecule has 0 aliphatic heterocycles. The van der Waals surface area contributed by atoms with Gasteiger partial charge in [0.05, 0.1) is 19.4 Å². The lowest BCUT2D eigenvalue weighted by Crippen LogP contribution is -2.24. The van der Waals surface area contributed by atoms with Crippen LogP contribution < -0.4 is 9.64 Å². The highest BCUT2D eigenvalue weighted by atomic mass is 16.5. The highest BCUT2D eigenvalue weighted by Gasteiger charge is 2.19. The summed E-state index contributed by atoms with van der Waals surface area (Å²) in [7, 11) is 3.71. The van der Waals surface area contributed by atoms with Crippen LogP contribution in [0.3, 0.4) is 0 Å². The third-order valence-electron chi connectivity index (χ3n) is 3.36. The van der Waals surface area contributed by atoms with Crippen LogP contribution in [0.4, 0.5) is 5.88 Å².